The molecule has 0 atom stereocenters. The summed E-state index contributed by atoms with van der Waals surface area (Å²) in [5.41, 5.74) is 2.15. The van der Waals surface area contributed by atoms with Crippen LogP contribution in [0.4, 0.5) is 0 Å². The molecule has 0 radical (unpaired) electrons. The van der Waals surface area contributed by atoms with Crippen molar-refractivity contribution in [1.82, 2.24) is 29.7 Å². The van der Waals surface area contributed by atoms with Crippen LogP contribution in [0, 0.1) is 0 Å². The predicted octanol–water partition coefficient (Wildman–Crippen LogP) is 1.98. The maximum atomic E-state index is 4.48. The van der Waals surface area contributed by atoms with Crippen LogP contribution >= 0.6 is 0 Å². The van der Waals surface area contributed by atoms with Gasteiger partial charge in [-0.25, -0.2) is 9.97 Å². The third-order valence-corrected chi connectivity index (χ3v) is 3.89. The first kappa shape index (κ1) is 16.8. The zero-order valence-electron chi connectivity index (χ0n) is 14.6. The van der Waals surface area contributed by atoms with E-state index in [-0.39, 0.29) is 0 Å². The number of aliphatic imine (C=N–C) groups is 1. The topological polar surface area (TPSA) is 74.1 Å². The molecule has 0 saturated carbocycles. The fourth-order valence-electron chi connectivity index (χ4n) is 2.61. The monoisotopic (exact) mass is 337 g/mol. The fraction of sp³-hybridized carbons (Fsp3) is 0.278. The lowest BCUT2D eigenvalue weighted by molar-refractivity contribution is 0.461. The zero-order valence-corrected chi connectivity index (χ0v) is 14.6. The summed E-state index contributed by atoms with van der Waals surface area (Å²) in [5.74, 6) is 1.73. The van der Waals surface area contributed by atoms with Crippen LogP contribution in [0.2, 0.25) is 0 Å². The van der Waals surface area contributed by atoms with Crippen LogP contribution in [-0.4, -0.2) is 51.0 Å². The molecule has 3 aromatic rings. The number of rotatable bonds is 6. The van der Waals surface area contributed by atoms with E-state index in [1.54, 1.807) is 13.2 Å². The van der Waals surface area contributed by atoms with Crippen LogP contribution in [0.15, 0.2) is 60.2 Å². The molecule has 2 heterocycles. The second-order valence-corrected chi connectivity index (χ2v) is 5.74. The number of hydrogen-bond acceptors (Lipinski definition) is 3. The number of nitrogens with zero attached hydrogens (tertiary/aromatic N) is 5. The third-order valence-electron chi connectivity index (χ3n) is 3.89. The van der Waals surface area contributed by atoms with Crippen molar-refractivity contribution in [1.29, 1.82) is 0 Å². The first-order chi connectivity index (χ1) is 12.3. The molecular formula is C18H23N7. The average molecular weight is 337 g/mol. The molecule has 3 rings (SSSR count). The van der Waals surface area contributed by atoms with Crippen LogP contribution in [0.3, 0.4) is 0 Å². The van der Waals surface area contributed by atoms with Crippen molar-refractivity contribution >= 4 is 5.96 Å². The quantitative estimate of drug-likeness (QED) is 0.533. The predicted molar refractivity (Wildman–Crippen MR) is 99.1 cm³/mol. The van der Waals surface area contributed by atoms with Crippen LogP contribution in [0.1, 0.15) is 5.82 Å². The first-order valence-corrected chi connectivity index (χ1v) is 8.23. The molecule has 25 heavy (non-hydrogen) atoms. The van der Waals surface area contributed by atoms with E-state index in [4.69, 9.17) is 0 Å². The summed E-state index contributed by atoms with van der Waals surface area (Å²) in [6.45, 7) is 2.27. The van der Waals surface area contributed by atoms with Gasteiger partial charge in [-0.15, -0.1) is 0 Å². The van der Waals surface area contributed by atoms with Crippen LogP contribution < -0.4 is 5.32 Å². The van der Waals surface area contributed by atoms with Crippen molar-refractivity contribution in [3.8, 4) is 11.3 Å². The van der Waals surface area contributed by atoms with E-state index in [2.05, 4.69) is 37.4 Å². The molecule has 130 valence electrons. The Morgan fingerprint density at radius 3 is 2.88 bits per heavy atom. The van der Waals surface area contributed by atoms with E-state index in [0.29, 0.717) is 6.54 Å². The van der Waals surface area contributed by atoms with Gasteiger partial charge in [0, 0.05) is 39.6 Å². The minimum atomic E-state index is 0.650. The van der Waals surface area contributed by atoms with E-state index >= 15 is 0 Å². The number of imidazole rings is 2. The molecule has 0 fully saturated rings. The van der Waals surface area contributed by atoms with E-state index in [1.165, 1.54) is 0 Å². The molecule has 1 aromatic carbocycles. The van der Waals surface area contributed by atoms with Gasteiger partial charge in [-0.1, -0.05) is 30.3 Å². The highest BCUT2D eigenvalue weighted by molar-refractivity contribution is 5.79. The molecule has 0 aliphatic heterocycles. The summed E-state index contributed by atoms with van der Waals surface area (Å²) < 4.78 is 2.03. The smallest absolute Gasteiger partial charge is 0.193 e. The molecular weight excluding hydrogens is 314 g/mol. The normalized spacial score (nSPS) is 11.5. The first-order valence-electron chi connectivity index (χ1n) is 8.23. The Kier molecular flexibility index (Phi) is 5.46. The minimum Gasteiger partial charge on any atom is -0.354 e. The van der Waals surface area contributed by atoms with Gasteiger partial charge < -0.3 is 19.8 Å². The fourth-order valence-corrected chi connectivity index (χ4v) is 2.61. The van der Waals surface area contributed by atoms with E-state index in [9.17, 15) is 0 Å². The Labute approximate surface area is 147 Å². The summed E-state index contributed by atoms with van der Waals surface area (Å²) in [7, 11) is 3.78. The molecule has 0 spiro atoms. The van der Waals surface area contributed by atoms with E-state index in [1.807, 2.05) is 53.4 Å². The van der Waals surface area contributed by atoms with Gasteiger partial charge in [0.05, 0.1) is 24.8 Å². The minimum absolute atomic E-state index is 0.650. The van der Waals surface area contributed by atoms with Crippen molar-refractivity contribution in [2.24, 2.45) is 4.99 Å². The largest absolute Gasteiger partial charge is 0.354 e. The maximum absolute atomic E-state index is 4.48. The Hall–Kier alpha value is -3.09. The number of hydrogen-bond donors (Lipinski definition) is 2. The molecule has 2 aromatic heterocycles. The van der Waals surface area contributed by atoms with E-state index in [0.717, 1.165) is 36.1 Å². The van der Waals surface area contributed by atoms with Crippen LogP contribution in [0.25, 0.3) is 11.3 Å². The molecule has 0 amide bonds. The summed E-state index contributed by atoms with van der Waals surface area (Å²) in [6.07, 6.45) is 7.40. The number of aromatic nitrogens is 4. The number of nitrogens with one attached hydrogen (secondary N) is 2. The lowest BCUT2D eigenvalue weighted by atomic mass is 10.2. The number of aromatic amines is 1. The van der Waals surface area contributed by atoms with Gasteiger partial charge in [-0.3, -0.25) is 4.99 Å². The van der Waals surface area contributed by atoms with Gasteiger partial charge >= 0.3 is 0 Å². The Morgan fingerprint density at radius 1 is 1.32 bits per heavy atom. The molecule has 0 unspecified atom stereocenters. The van der Waals surface area contributed by atoms with Crippen molar-refractivity contribution in [3.05, 3.63) is 61.1 Å². The SMILES string of the molecule is CN=C(NCCn1ccnc1)N(C)Cc1ncc(-c2ccccc2)[nH]1. The van der Waals surface area contributed by atoms with E-state index < -0.39 is 0 Å². The second kappa shape index (κ2) is 8.14. The maximum Gasteiger partial charge on any atom is 0.193 e. The van der Waals surface area contributed by atoms with Gasteiger partial charge in [-0.05, 0) is 5.56 Å². The van der Waals surface area contributed by atoms with Crippen molar-refractivity contribution in [2.75, 3.05) is 20.6 Å². The highest BCUT2D eigenvalue weighted by Gasteiger charge is 2.09. The lowest BCUT2D eigenvalue weighted by Crippen LogP contribution is -2.40. The third kappa shape index (κ3) is 4.47. The standard InChI is InChI=1S/C18H23N7/c1-19-18(21-9-11-25-10-8-20-14-25)24(2)13-17-22-12-16(23-17)15-6-4-3-5-7-15/h3-8,10,12,14H,9,11,13H2,1-2H3,(H,19,21)(H,22,23). The Balaban J connectivity index is 1.55. The molecule has 7 heteroatoms. The second-order valence-electron chi connectivity index (χ2n) is 5.74. The van der Waals surface area contributed by atoms with Gasteiger partial charge in [0.2, 0.25) is 0 Å². The molecule has 2 N–H and O–H groups in total. The molecule has 0 bridgehead atoms. The lowest BCUT2D eigenvalue weighted by Gasteiger charge is -2.21. The highest BCUT2D eigenvalue weighted by atomic mass is 15.3. The van der Waals surface area contributed by atoms with Gasteiger partial charge in [0.1, 0.15) is 5.82 Å². The number of guanidine groups is 1. The number of benzene rings is 1. The summed E-state index contributed by atoms with van der Waals surface area (Å²) in [4.78, 5) is 18.3. The van der Waals surface area contributed by atoms with Crippen LogP contribution in [0.5, 0.6) is 0 Å². The van der Waals surface area contributed by atoms with Crippen molar-refractivity contribution in [3.63, 3.8) is 0 Å². The Morgan fingerprint density at radius 2 is 2.16 bits per heavy atom. The van der Waals surface area contributed by atoms with Crippen molar-refractivity contribution < 1.29 is 0 Å². The summed E-state index contributed by atoms with van der Waals surface area (Å²) >= 11 is 0. The molecule has 0 aliphatic rings. The summed E-state index contributed by atoms with van der Waals surface area (Å²) in [5, 5.41) is 3.35. The highest BCUT2D eigenvalue weighted by Crippen LogP contribution is 2.16. The zero-order chi connectivity index (χ0) is 17.5. The van der Waals surface area contributed by atoms with Crippen molar-refractivity contribution in [2.45, 2.75) is 13.1 Å². The molecule has 0 aliphatic carbocycles. The van der Waals surface area contributed by atoms with Gasteiger partial charge in [0.15, 0.2) is 5.96 Å². The average Bonchev–Trinajstić information content (AvgIpc) is 3.31. The van der Waals surface area contributed by atoms with Gasteiger partial charge in [0.25, 0.3) is 0 Å². The molecule has 7 nitrogen and oxygen atoms in total. The summed E-state index contributed by atoms with van der Waals surface area (Å²) in [6, 6.07) is 10.2. The number of H-pyrrole nitrogens is 1. The Bertz CT molecular complexity index is 790. The molecule has 0 saturated heterocycles. The van der Waals surface area contributed by atoms with Crippen LogP contribution in [-0.2, 0) is 13.1 Å². The van der Waals surface area contributed by atoms with Gasteiger partial charge in [-0.2, -0.15) is 0 Å².